The number of anilines is 1. The number of H-pyrrole nitrogens is 1. The predicted molar refractivity (Wildman–Crippen MR) is 108 cm³/mol. The molecule has 0 spiro atoms. The first kappa shape index (κ1) is 18.1. The number of aromatic hydroxyl groups is 1. The summed E-state index contributed by atoms with van der Waals surface area (Å²) in [5.74, 6) is 0.752. The minimum atomic E-state index is -0.917. The first-order valence-corrected chi connectivity index (χ1v) is 9.88. The van der Waals surface area contributed by atoms with Crippen LogP contribution in [0.1, 0.15) is 19.3 Å². The van der Waals surface area contributed by atoms with Gasteiger partial charge in [0.15, 0.2) is 0 Å². The fourth-order valence-corrected chi connectivity index (χ4v) is 4.49. The Kier molecular flexibility index (Phi) is 4.43. The van der Waals surface area contributed by atoms with Gasteiger partial charge in [0.1, 0.15) is 17.7 Å². The molecular formula is C21H23FN6O. The Morgan fingerprint density at radius 2 is 2.07 bits per heavy atom. The average Bonchev–Trinajstić information content (AvgIpc) is 3.41. The van der Waals surface area contributed by atoms with Crippen molar-refractivity contribution in [3.63, 3.8) is 0 Å². The number of piperidine rings is 1. The number of fused-ring (bicyclic) bond motifs is 2. The molecule has 0 saturated carbocycles. The molecule has 3 N–H and O–H groups in total. The molecule has 8 heteroatoms. The lowest BCUT2D eigenvalue weighted by molar-refractivity contribution is 0.176. The van der Waals surface area contributed by atoms with Crippen molar-refractivity contribution in [1.29, 1.82) is 0 Å². The summed E-state index contributed by atoms with van der Waals surface area (Å²) in [5.41, 5.74) is 2.82. The van der Waals surface area contributed by atoms with Crippen LogP contribution in [0.4, 0.5) is 10.2 Å². The fraction of sp³-hybridized carbons (Fsp3) is 0.381. The van der Waals surface area contributed by atoms with Crippen molar-refractivity contribution in [2.24, 2.45) is 0 Å². The van der Waals surface area contributed by atoms with Crippen molar-refractivity contribution in [2.45, 2.75) is 43.6 Å². The zero-order valence-electron chi connectivity index (χ0n) is 16.1. The van der Waals surface area contributed by atoms with Gasteiger partial charge >= 0.3 is 0 Å². The minimum Gasteiger partial charge on any atom is -0.507 e. The molecule has 5 rings (SSSR count). The summed E-state index contributed by atoms with van der Waals surface area (Å²) in [6, 6.07) is 7.34. The Balaban J connectivity index is 1.36. The highest BCUT2D eigenvalue weighted by Crippen LogP contribution is 2.34. The van der Waals surface area contributed by atoms with Crippen LogP contribution in [-0.2, 0) is 0 Å². The second kappa shape index (κ2) is 7.11. The van der Waals surface area contributed by atoms with Crippen LogP contribution < -0.4 is 10.2 Å². The molecule has 2 bridgehead atoms. The third-order valence-corrected chi connectivity index (χ3v) is 6.14. The third-order valence-electron chi connectivity index (χ3n) is 6.14. The van der Waals surface area contributed by atoms with Gasteiger partial charge in [0.25, 0.3) is 0 Å². The van der Waals surface area contributed by atoms with E-state index in [2.05, 4.69) is 25.5 Å². The van der Waals surface area contributed by atoms with Gasteiger partial charge in [-0.2, -0.15) is 5.10 Å². The van der Waals surface area contributed by atoms with Gasteiger partial charge < -0.3 is 15.3 Å². The number of benzene rings is 1. The maximum absolute atomic E-state index is 14.8. The van der Waals surface area contributed by atoms with Gasteiger partial charge in [-0.05, 0) is 37.5 Å². The van der Waals surface area contributed by atoms with Gasteiger partial charge in [-0.3, -0.25) is 10.1 Å². The molecule has 2 unspecified atom stereocenters. The quantitative estimate of drug-likeness (QED) is 0.630. The summed E-state index contributed by atoms with van der Waals surface area (Å²) in [4.78, 5) is 10.9. The van der Waals surface area contributed by atoms with Crippen molar-refractivity contribution in [3.05, 3.63) is 42.9 Å². The number of hydrogen-bond donors (Lipinski definition) is 3. The monoisotopic (exact) mass is 394 g/mol. The molecule has 2 aliphatic heterocycles. The highest BCUT2D eigenvalue weighted by molar-refractivity contribution is 5.72. The number of rotatable bonds is 4. The topological polar surface area (TPSA) is 90.0 Å². The Morgan fingerprint density at radius 1 is 1.17 bits per heavy atom. The number of hydrogen-bond acceptors (Lipinski definition) is 6. The van der Waals surface area contributed by atoms with Gasteiger partial charge in [-0.1, -0.05) is 6.07 Å². The van der Waals surface area contributed by atoms with E-state index in [1.165, 1.54) is 0 Å². The van der Waals surface area contributed by atoms with Crippen LogP contribution in [0.2, 0.25) is 0 Å². The molecule has 0 amide bonds. The number of phenols is 1. The van der Waals surface area contributed by atoms with E-state index in [-0.39, 0.29) is 17.8 Å². The van der Waals surface area contributed by atoms with Crippen LogP contribution in [0.3, 0.4) is 0 Å². The molecule has 0 aliphatic carbocycles. The summed E-state index contributed by atoms with van der Waals surface area (Å²) >= 11 is 0. The summed E-state index contributed by atoms with van der Waals surface area (Å²) in [5, 5.41) is 20.6. The second-order valence-corrected chi connectivity index (χ2v) is 7.87. The number of aromatic nitrogens is 4. The molecule has 1 aromatic carbocycles. The number of nitrogens with zero attached hydrogens (tertiary/aromatic N) is 4. The number of phenolic OH excluding ortho intramolecular Hbond substituents is 1. The molecule has 0 radical (unpaired) electrons. The highest BCUT2D eigenvalue weighted by atomic mass is 19.1. The van der Waals surface area contributed by atoms with Gasteiger partial charge in [0.2, 0.25) is 0 Å². The summed E-state index contributed by atoms with van der Waals surface area (Å²) in [7, 11) is 1.88. The van der Waals surface area contributed by atoms with Crippen molar-refractivity contribution < 1.29 is 9.50 Å². The Morgan fingerprint density at radius 3 is 2.79 bits per heavy atom. The molecule has 3 aromatic rings. The van der Waals surface area contributed by atoms with E-state index in [9.17, 15) is 9.50 Å². The lowest BCUT2D eigenvalue weighted by Crippen LogP contribution is -2.55. The molecule has 4 heterocycles. The van der Waals surface area contributed by atoms with Crippen LogP contribution in [-0.4, -0.2) is 56.6 Å². The molecule has 2 aromatic heterocycles. The summed E-state index contributed by atoms with van der Waals surface area (Å²) < 4.78 is 14.8. The van der Waals surface area contributed by atoms with Gasteiger partial charge in [-0.25, -0.2) is 9.37 Å². The molecular weight excluding hydrogens is 371 g/mol. The molecule has 150 valence electrons. The van der Waals surface area contributed by atoms with Crippen molar-refractivity contribution >= 4 is 5.82 Å². The average molecular weight is 394 g/mol. The van der Waals surface area contributed by atoms with E-state index in [1.54, 1.807) is 30.7 Å². The third kappa shape index (κ3) is 3.23. The zero-order chi connectivity index (χ0) is 20.0. The SMILES string of the molecule is CN(c1cnc(-c2ccc(-c3ccn[nH]3)cc2O)cn1)[C@H]1CC2CCC(N2)[C@H]1F. The Labute approximate surface area is 168 Å². The number of aromatic amines is 1. The first-order chi connectivity index (χ1) is 14.1. The predicted octanol–water partition coefficient (Wildman–Crippen LogP) is 2.91. The molecule has 2 fully saturated rings. The van der Waals surface area contributed by atoms with Gasteiger partial charge in [0.05, 0.1) is 29.8 Å². The lowest BCUT2D eigenvalue weighted by Gasteiger charge is -2.38. The maximum atomic E-state index is 14.8. The van der Waals surface area contributed by atoms with E-state index >= 15 is 0 Å². The summed E-state index contributed by atoms with van der Waals surface area (Å²) in [6.45, 7) is 0. The number of halogens is 1. The van der Waals surface area contributed by atoms with E-state index in [0.717, 1.165) is 30.5 Å². The van der Waals surface area contributed by atoms with Gasteiger partial charge in [-0.15, -0.1) is 0 Å². The molecule has 2 saturated heterocycles. The van der Waals surface area contributed by atoms with Crippen LogP contribution in [0.5, 0.6) is 5.75 Å². The van der Waals surface area contributed by atoms with E-state index in [0.29, 0.717) is 23.1 Å². The van der Waals surface area contributed by atoms with Crippen LogP contribution in [0, 0.1) is 0 Å². The number of alkyl halides is 1. The Hall–Kier alpha value is -3.00. The molecule has 29 heavy (non-hydrogen) atoms. The summed E-state index contributed by atoms with van der Waals surface area (Å²) in [6.07, 6.45) is 6.72. The minimum absolute atomic E-state index is 0.0567. The van der Waals surface area contributed by atoms with E-state index in [4.69, 9.17) is 0 Å². The van der Waals surface area contributed by atoms with Gasteiger partial charge in [0, 0.05) is 36.5 Å². The smallest absolute Gasteiger partial charge is 0.147 e. The maximum Gasteiger partial charge on any atom is 0.147 e. The van der Waals surface area contributed by atoms with E-state index in [1.807, 2.05) is 24.1 Å². The normalized spacial score (nSPS) is 25.9. The highest BCUT2D eigenvalue weighted by Gasteiger charge is 2.43. The Bertz CT molecular complexity index is 993. The zero-order valence-corrected chi connectivity index (χ0v) is 16.1. The fourth-order valence-electron chi connectivity index (χ4n) is 4.49. The lowest BCUT2D eigenvalue weighted by atomic mass is 9.96. The van der Waals surface area contributed by atoms with Crippen molar-refractivity contribution in [1.82, 2.24) is 25.5 Å². The largest absolute Gasteiger partial charge is 0.507 e. The molecule has 4 atom stereocenters. The standard InChI is InChI=1S/C21H23FN6O/c1-28(18-9-13-3-5-16(26-13)21(18)22)20-11-23-17(10-24-20)14-4-2-12(8-19(14)29)15-6-7-25-27-15/h2,4,6-8,10-11,13,16,18,21,26,29H,3,5,9H2,1H3,(H,25,27)/t13?,16?,18-,21+/m0/s1. The second-order valence-electron chi connectivity index (χ2n) is 7.87. The van der Waals surface area contributed by atoms with Crippen LogP contribution in [0.25, 0.3) is 22.5 Å². The first-order valence-electron chi connectivity index (χ1n) is 9.88. The van der Waals surface area contributed by atoms with Crippen molar-refractivity contribution in [3.8, 4) is 28.3 Å². The van der Waals surface area contributed by atoms with Crippen LogP contribution in [0.15, 0.2) is 42.9 Å². The molecule has 2 aliphatic rings. The van der Waals surface area contributed by atoms with E-state index < -0.39 is 6.17 Å². The van der Waals surface area contributed by atoms with Crippen LogP contribution >= 0.6 is 0 Å². The number of nitrogens with one attached hydrogen (secondary N) is 2. The van der Waals surface area contributed by atoms with Crippen molar-refractivity contribution in [2.75, 3.05) is 11.9 Å². The molecule has 7 nitrogen and oxygen atoms in total.